The predicted octanol–water partition coefficient (Wildman–Crippen LogP) is 2.11. The molecule has 1 atom stereocenters. The highest BCUT2D eigenvalue weighted by molar-refractivity contribution is 5.93. The number of ether oxygens (including phenoxy) is 2. The van der Waals surface area contributed by atoms with Crippen LogP contribution in [0.15, 0.2) is 39.5 Å². The van der Waals surface area contributed by atoms with Crippen LogP contribution >= 0.6 is 0 Å². The Morgan fingerprint density at radius 1 is 1.33 bits per heavy atom. The van der Waals surface area contributed by atoms with Gasteiger partial charge < -0.3 is 19.2 Å². The zero-order valence-electron chi connectivity index (χ0n) is 13.5. The molecule has 1 aromatic heterocycles. The molecule has 1 saturated heterocycles. The number of hydrogen-bond donors (Lipinski definition) is 1. The van der Waals surface area contributed by atoms with Crippen LogP contribution in [0.3, 0.4) is 0 Å². The zero-order valence-corrected chi connectivity index (χ0v) is 13.5. The van der Waals surface area contributed by atoms with E-state index in [4.69, 9.17) is 13.9 Å². The first-order valence-corrected chi connectivity index (χ1v) is 8.24. The van der Waals surface area contributed by atoms with Crippen molar-refractivity contribution < 1.29 is 18.7 Å². The number of carbonyl (C=O) groups excluding carboxylic acids is 1. The summed E-state index contributed by atoms with van der Waals surface area (Å²) in [5.41, 5.74) is 0.192. The third kappa shape index (κ3) is 4.21. The normalized spacial score (nSPS) is 17.2. The monoisotopic (exact) mass is 331 g/mol. The topological polar surface area (TPSA) is 77.8 Å². The quantitative estimate of drug-likeness (QED) is 0.786. The Balaban J connectivity index is 1.44. The minimum atomic E-state index is -0.392. The van der Waals surface area contributed by atoms with Crippen molar-refractivity contribution in [3.8, 4) is 0 Å². The van der Waals surface area contributed by atoms with E-state index in [9.17, 15) is 9.59 Å². The van der Waals surface area contributed by atoms with Gasteiger partial charge in [-0.15, -0.1) is 0 Å². The molecule has 24 heavy (non-hydrogen) atoms. The van der Waals surface area contributed by atoms with Crippen molar-refractivity contribution in [2.75, 3.05) is 26.4 Å². The van der Waals surface area contributed by atoms with E-state index in [0.29, 0.717) is 37.1 Å². The second-order valence-corrected chi connectivity index (χ2v) is 5.79. The lowest BCUT2D eigenvalue weighted by Crippen LogP contribution is -2.26. The largest absolute Gasteiger partial charge is 0.451 e. The molecular weight excluding hydrogens is 310 g/mol. The Morgan fingerprint density at radius 2 is 2.21 bits per heavy atom. The van der Waals surface area contributed by atoms with Crippen LogP contribution in [0.2, 0.25) is 0 Å². The second-order valence-electron chi connectivity index (χ2n) is 5.79. The maximum absolute atomic E-state index is 12.1. The number of amides is 1. The summed E-state index contributed by atoms with van der Waals surface area (Å²) < 4.78 is 16.5. The molecule has 0 saturated carbocycles. The maximum atomic E-state index is 12.1. The van der Waals surface area contributed by atoms with E-state index in [1.54, 1.807) is 24.3 Å². The SMILES string of the molecule is O=C(NCCCOCC1CCCO1)c1cc(=O)c2ccccc2o1. The lowest BCUT2D eigenvalue weighted by atomic mass is 10.2. The van der Waals surface area contributed by atoms with Crippen LogP contribution in [0.5, 0.6) is 0 Å². The summed E-state index contributed by atoms with van der Waals surface area (Å²) in [5, 5.41) is 3.21. The Labute approximate surface area is 139 Å². The third-order valence-electron chi connectivity index (χ3n) is 3.94. The first kappa shape index (κ1) is 16.7. The average Bonchev–Trinajstić information content (AvgIpc) is 3.11. The summed E-state index contributed by atoms with van der Waals surface area (Å²) in [5.74, 6) is -0.365. The van der Waals surface area contributed by atoms with Crippen molar-refractivity contribution in [3.05, 3.63) is 46.3 Å². The van der Waals surface area contributed by atoms with Gasteiger partial charge in [-0.05, 0) is 31.4 Å². The molecule has 1 unspecified atom stereocenters. The molecule has 2 heterocycles. The zero-order chi connectivity index (χ0) is 16.8. The number of rotatable bonds is 7. The first-order chi connectivity index (χ1) is 11.7. The fourth-order valence-electron chi connectivity index (χ4n) is 2.67. The van der Waals surface area contributed by atoms with Gasteiger partial charge in [-0.2, -0.15) is 0 Å². The molecule has 3 rings (SSSR count). The molecule has 128 valence electrons. The smallest absolute Gasteiger partial charge is 0.287 e. The van der Waals surface area contributed by atoms with Gasteiger partial charge in [-0.25, -0.2) is 0 Å². The predicted molar refractivity (Wildman–Crippen MR) is 89.2 cm³/mol. The summed E-state index contributed by atoms with van der Waals surface area (Å²) >= 11 is 0. The van der Waals surface area contributed by atoms with Gasteiger partial charge in [0.1, 0.15) is 5.58 Å². The first-order valence-electron chi connectivity index (χ1n) is 8.24. The number of benzene rings is 1. The van der Waals surface area contributed by atoms with Crippen LogP contribution in [0.4, 0.5) is 0 Å². The van der Waals surface area contributed by atoms with Crippen molar-refractivity contribution in [1.82, 2.24) is 5.32 Å². The van der Waals surface area contributed by atoms with E-state index >= 15 is 0 Å². The molecule has 2 aromatic rings. The second kappa shape index (κ2) is 8.08. The van der Waals surface area contributed by atoms with E-state index in [1.165, 1.54) is 6.07 Å². The van der Waals surface area contributed by atoms with E-state index in [2.05, 4.69) is 5.32 Å². The Kier molecular flexibility index (Phi) is 5.61. The van der Waals surface area contributed by atoms with Crippen molar-refractivity contribution >= 4 is 16.9 Å². The Hall–Kier alpha value is -2.18. The minimum Gasteiger partial charge on any atom is -0.451 e. The molecular formula is C18H21NO5. The molecule has 6 heteroatoms. The molecule has 0 bridgehead atoms. The molecule has 1 N–H and O–H groups in total. The van der Waals surface area contributed by atoms with E-state index in [1.807, 2.05) is 0 Å². The number of nitrogens with one attached hydrogen (secondary N) is 1. The maximum Gasteiger partial charge on any atom is 0.287 e. The van der Waals surface area contributed by atoms with E-state index in [0.717, 1.165) is 19.4 Å². The molecule has 0 aliphatic carbocycles. The van der Waals surface area contributed by atoms with Crippen molar-refractivity contribution in [2.24, 2.45) is 0 Å². The number of para-hydroxylation sites is 1. The van der Waals surface area contributed by atoms with Crippen molar-refractivity contribution in [1.29, 1.82) is 0 Å². The number of carbonyl (C=O) groups is 1. The van der Waals surface area contributed by atoms with E-state index in [-0.39, 0.29) is 17.3 Å². The van der Waals surface area contributed by atoms with Gasteiger partial charge >= 0.3 is 0 Å². The molecule has 1 aliphatic rings. The summed E-state index contributed by atoms with van der Waals surface area (Å²) in [6.45, 7) is 2.44. The average molecular weight is 331 g/mol. The Morgan fingerprint density at radius 3 is 3.04 bits per heavy atom. The molecule has 1 fully saturated rings. The fourth-order valence-corrected chi connectivity index (χ4v) is 2.67. The molecule has 0 radical (unpaired) electrons. The van der Waals surface area contributed by atoms with Crippen LogP contribution in [-0.2, 0) is 9.47 Å². The standard InChI is InChI=1S/C18H21NO5/c20-15-11-17(24-16-7-2-1-6-14(15)16)18(21)19-8-4-9-22-12-13-5-3-10-23-13/h1-2,6-7,11,13H,3-5,8-10,12H2,(H,19,21). The summed E-state index contributed by atoms with van der Waals surface area (Å²) in [6, 6.07) is 8.10. The van der Waals surface area contributed by atoms with Crippen LogP contribution in [0.1, 0.15) is 29.8 Å². The van der Waals surface area contributed by atoms with Crippen molar-refractivity contribution in [2.45, 2.75) is 25.4 Å². The highest BCUT2D eigenvalue weighted by Gasteiger charge is 2.15. The lowest BCUT2D eigenvalue weighted by molar-refractivity contribution is 0.0166. The summed E-state index contributed by atoms with van der Waals surface area (Å²) in [6.07, 6.45) is 3.06. The highest BCUT2D eigenvalue weighted by atomic mass is 16.5. The third-order valence-corrected chi connectivity index (χ3v) is 3.94. The van der Waals surface area contributed by atoms with Crippen LogP contribution in [-0.4, -0.2) is 38.4 Å². The Bertz CT molecular complexity index is 748. The van der Waals surface area contributed by atoms with Gasteiger partial charge in [0.2, 0.25) is 0 Å². The van der Waals surface area contributed by atoms with Crippen LogP contribution in [0, 0.1) is 0 Å². The van der Waals surface area contributed by atoms with Gasteiger partial charge in [0.05, 0.1) is 18.1 Å². The number of hydrogen-bond acceptors (Lipinski definition) is 5. The van der Waals surface area contributed by atoms with Gasteiger partial charge in [0.15, 0.2) is 11.2 Å². The fraction of sp³-hybridized carbons (Fsp3) is 0.444. The van der Waals surface area contributed by atoms with Gasteiger partial charge in [0.25, 0.3) is 5.91 Å². The molecule has 0 spiro atoms. The summed E-state index contributed by atoms with van der Waals surface area (Å²) in [7, 11) is 0. The lowest BCUT2D eigenvalue weighted by Gasteiger charge is -2.10. The molecule has 1 amide bonds. The van der Waals surface area contributed by atoms with Crippen LogP contribution in [0.25, 0.3) is 11.0 Å². The molecule has 1 aliphatic heterocycles. The van der Waals surface area contributed by atoms with Gasteiger partial charge in [-0.1, -0.05) is 12.1 Å². The molecule has 1 aromatic carbocycles. The van der Waals surface area contributed by atoms with Crippen molar-refractivity contribution in [3.63, 3.8) is 0 Å². The number of fused-ring (bicyclic) bond motifs is 1. The highest BCUT2D eigenvalue weighted by Crippen LogP contribution is 2.12. The minimum absolute atomic E-state index is 0.0268. The molecule has 6 nitrogen and oxygen atoms in total. The van der Waals surface area contributed by atoms with Gasteiger partial charge in [0, 0.05) is 25.8 Å². The van der Waals surface area contributed by atoms with Gasteiger partial charge in [-0.3, -0.25) is 9.59 Å². The van der Waals surface area contributed by atoms with Crippen LogP contribution < -0.4 is 10.7 Å². The van der Waals surface area contributed by atoms with E-state index < -0.39 is 5.91 Å². The summed E-state index contributed by atoms with van der Waals surface area (Å²) in [4.78, 5) is 24.1.